The summed E-state index contributed by atoms with van der Waals surface area (Å²) in [7, 11) is 0. The largest absolute Gasteiger partial charge is 0.466 e. The molecular weight excluding hydrogens is 268 g/mol. The van der Waals surface area contributed by atoms with Crippen LogP contribution in [-0.4, -0.2) is 18.5 Å². The molecule has 108 valence electrons. The molecule has 0 aliphatic rings. The van der Waals surface area contributed by atoms with Gasteiger partial charge in [-0.15, -0.1) is 0 Å². The molecule has 0 saturated carbocycles. The first kappa shape index (κ1) is 14.8. The molecule has 0 radical (unpaired) electrons. The van der Waals surface area contributed by atoms with E-state index in [9.17, 15) is 9.59 Å². The summed E-state index contributed by atoms with van der Waals surface area (Å²) in [4.78, 5) is 23.2. The summed E-state index contributed by atoms with van der Waals surface area (Å²) in [5.74, 6) is -0.239. The van der Waals surface area contributed by atoms with Crippen LogP contribution in [0.4, 0.5) is 0 Å². The average Bonchev–Trinajstić information content (AvgIpc) is 2.50. The number of ether oxygens (including phenoxy) is 2. The van der Waals surface area contributed by atoms with Crippen molar-refractivity contribution in [2.45, 2.75) is 13.3 Å². The van der Waals surface area contributed by atoms with Crippen molar-refractivity contribution in [1.82, 2.24) is 0 Å². The van der Waals surface area contributed by atoms with E-state index < -0.39 is 5.97 Å². The highest BCUT2D eigenvalue weighted by Gasteiger charge is 2.08. The Morgan fingerprint density at radius 3 is 2.24 bits per heavy atom. The fourth-order valence-electron chi connectivity index (χ4n) is 1.79. The lowest BCUT2D eigenvalue weighted by molar-refractivity contribution is -0.142. The van der Waals surface area contributed by atoms with Crippen LogP contribution in [0.5, 0.6) is 5.75 Å². The van der Waals surface area contributed by atoms with Crippen LogP contribution in [0.25, 0.3) is 0 Å². The van der Waals surface area contributed by atoms with Crippen molar-refractivity contribution in [3.05, 3.63) is 65.7 Å². The molecule has 0 atom stereocenters. The predicted molar refractivity (Wildman–Crippen MR) is 78.2 cm³/mol. The quantitative estimate of drug-likeness (QED) is 0.625. The van der Waals surface area contributed by atoms with Crippen molar-refractivity contribution < 1.29 is 19.1 Å². The minimum atomic E-state index is -0.409. The Kier molecular flexibility index (Phi) is 5.10. The zero-order chi connectivity index (χ0) is 15.1. The molecule has 0 aliphatic carbocycles. The molecule has 0 bridgehead atoms. The van der Waals surface area contributed by atoms with Crippen molar-refractivity contribution in [3.8, 4) is 5.75 Å². The SMILES string of the molecule is CCOC(=O)Cc1ccc(OC(=O)c2ccccc2)cc1. The third-order valence-electron chi connectivity index (χ3n) is 2.80. The van der Waals surface area contributed by atoms with Crippen LogP contribution < -0.4 is 4.74 Å². The highest BCUT2D eigenvalue weighted by molar-refractivity contribution is 5.90. The molecule has 0 N–H and O–H groups in total. The molecular formula is C17H16O4. The fourth-order valence-corrected chi connectivity index (χ4v) is 1.79. The highest BCUT2D eigenvalue weighted by atomic mass is 16.5. The Bertz CT molecular complexity index is 602. The van der Waals surface area contributed by atoms with Crippen LogP contribution in [0.15, 0.2) is 54.6 Å². The first-order chi connectivity index (χ1) is 10.2. The van der Waals surface area contributed by atoms with E-state index in [0.29, 0.717) is 17.9 Å². The van der Waals surface area contributed by atoms with Gasteiger partial charge in [0.1, 0.15) is 5.75 Å². The van der Waals surface area contributed by atoms with Crippen LogP contribution in [0.1, 0.15) is 22.8 Å². The van der Waals surface area contributed by atoms with E-state index in [1.165, 1.54) is 0 Å². The molecule has 2 aromatic carbocycles. The van der Waals surface area contributed by atoms with Gasteiger partial charge in [-0.25, -0.2) is 4.79 Å². The van der Waals surface area contributed by atoms with Gasteiger partial charge < -0.3 is 9.47 Å². The molecule has 4 heteroatoms. The fraction of sp³-hybridized carbons (Fsp3) is 0.176. The minimum Gasteiger partial charge on any atom is -0.466 e. The molecule has 0 saturated heterocycles. The van der Waals surface area contributed by atoms with E-state index in [1.54, 1.807) is 55.5 Å². The normalized spacial score (nSPS) is 9.95. The summed E-state index contributed by atoms with van der Waals surface area (Å²) in [5, 5.41) is 0. The third kappa shape index (κ3) is 4.45. The van der Waals surface area contributed by atoms with Crippen LogP contribution >= 0.6 is 0 Å². The topological polar surface area (TPSA) is 52.6 Å². The molecule has 21 heavy (non-hydrogen) atoms. The molecule has 0 heterocycles. The van der Waals surface area contributed by atoms with E-state index in [2.05, 4.69) is 0 Å². The molecule has 0 unspecified atom stereocenters. The molecule has 0 fully saturated rings. The van der Waals surface area contributed by atoms with Crippen LogP contribution in [0.2, 0.25) is 0 Å². The van der Waals surface area contributed by atoms with E-state index in [1.807, 2.05) is 6.07 Å². The first-order valence-electron chi connectivity index (χ1n) is 6.71. The Balaban J connectivity index is 1.96. The Hall–Kier alpha value is -2.62. The molecule has 4 nitrogen and oxygen atoms in total. The van der Waals surface area contributed by atoms with Crippen LogP contribution in [-0.2, 0) is 16.0 Å². The van der Waals surface area contributed by atoms with Gasteiger partial charge in [0.05, 0.1) is 18.6 Å². The zero-order valence-electron chi connectivity index (χ0n) is 11.7. The summed E-state index contributed by atoms with van der Waals surface area (Å²) < 4.78 is 10.1. The minimum absolute atomic E-state index is 0.209. The third-order valence-corrected chi connectivity index (χ3v) is 2.80. The van der Waals surface area contributed by atoms with E-state index >= 15 is 0 Å². The van der Waals surface area contributed by atoms with Gasteiger partial charge in [-0.1, -0.05) is 30.3 Å². The van der Waals surface area contributed by atoms with Gasteiger partial charge in [0.2, 0.25) is 0 Å². The Morgan fingerprint density at radius 2 is 1.62 bits per heavy atom. The van der Waals surface area contributed by atoms with Gasteiger partial charge in [0.25, 0.3) is 0 Å². The number of carbonyl (C=O) groups excluding carboxylic acids is 2. The lowest BCUT2D eigenvalue weighted by Crippen LogP contribution is -2.09. The summed E-state index contributed by atoms with van der Waals surface area (Å²) in [6.07, 6.45) is 0.209. The standard InChI is InChI=1S/C17H16O4/c1-2-20-16(18)12-13-8-10-15(11-9-13)21-17(19)14-6-4-3-5-7-14/h3-11H,2,12H2,1H3. The first-order valence-corrected chi connectivity index (χ1v) is 6.71. The number of hydrogen-bond acceptors (Lipinski definition) is 4. The number of hydrogen-bond donors (Lipinski definition) is 0. The van der Waals surface area contributed by atoms with Crippen molar-refractivity contribution in [2.24, 2.45) is 0 Å². The Labute approximate surface area is 123 Å². The van der Waals surface area contributed by atoms with E-state index in [4.69, 9.17) is 9.47 Å². The predicted octanol–water partition coefficient (Wildman–Crippen LogP) is 3.01. The van der Waals surface area contributed by atoms with Gasteiger partial charge in [0.15, 0.2) is 0 Å². The van der Waals surface area contributed by atoms with Crippen LogP contribution in [0, 0.1) is 0 Å². The lowest BCUT2D eigenvalue weighted by Gasteiger charge is -2.06. The molecule has 0 amide bonds. The maximum absolute atomic E-state index is 11.9. The van der Waals surface area contributed by atoms with Crippen molar-refractivity contribution in [1.29, 1.82) is 0 Å². The van der Waals surface area contributed by atoms with Crippen molar-refractivity contribution >= 4 is 11.9 Å². The number of rotatable bonds is 5. The molecule has 2 aromatic rings. The summed E-state index contributed by atoms with van der Waals surface area (Å²) in [5.41, 5.74) is 1.31. The number of esters is 2. The van der Waals surface area contributed by atoms with Gasteiger partial charge in [-0.2, -0.15) is 0 Å². The maximum atomic E-state index is 11.9. The second kappa shape index (κ2) is 7.24. The lowest BCUT2D eigenvalue weighted by atomic mass is 10.1. The zero-order valence-corrected chi connectivity index (χ0v) is 11.7. The Morgan fingerprint density at radius 1 is 0.952 bits per heavy atom. The van der Waals surface area contributed by atoms with Gasteiger partial charge >= 0.3 is 11.9 Å². The molecule has 0 spiro atoms. The second-order valence-corrected chi connectivity index (χ2v) is 4.38. The van der Waals surface area contributed by atoms with E-state index in [-0.39, 0.29) is 12.4 Å². The summed E-state index contributed by atoms with van der Waals surface area (Å²) >= 11 is 0. The van der Waals surface area contributed by atoms with Gasteiger partial charge in [-0.05, 0) is 36.8 Å². The summed E-state index contributed by atoms with van der Waals surface area (Å²) in [6.45, 7) is 2.13. The second-order valence-electron chi connectivity index (χ2n) is 4.38. The smallest absolute Gasteiger partial charge is 0.343 e. The molecule has 2 rings (SSSR count). The van der Waals surface area contributed by atoms with Gasteiger partial charge in [0, 0.05) is 0 Å². The molecule has 0 aliphatic heterocycles. The molecule has 0 aromatic heterocycles. The number of carbonyl (C=O) groups is 2. The highest BCUT2D eigenvalue weighted by Crippen LogP contribution is 2.15. The van der Waals surface area contributed by atoms with Crippen LogP contribution in [0.3, 0.4) is 0 Å². The van der Waals surface area contributed by atoms with Gasteiger partial charge in [-0.3, -0.25) is 4.79 Å². The number of benzene rings is 2. The monoisotopic (exact) mass is 284 g/mol. The summed E-state index contributed by atoms with van der Waals surface area (Å²) in [6, 6.07) is 15.6. The van der Waals surface area contributed by atoms with E-state index in [0.717, 1.165) is 5.56 Å². The average molecular weight is 284 g/mol. The van der Waals surface area contributed by atoms with Crippen molar-refractivity contribution in [2.75, 3.05) is 6.61 Å². The van der Waals surface area contributed by atoms with Crippen molar-refractivity contribution in [3.63, 3.8) is 0 Å². The maximum Gasteiger partial charge on any atom is 0.343 e.